The number of benzene rings is 1. The highest BCUT2D eigenvalue weighted by atomic mass is 32.1. The van der Waals surface area contributed by atoms with Crippen molar-refractivity contribution < 1.29 is 19.0 Å². The SMILES string of the molecule is COC(=O)[C@H]1OCC(=S)N[C@@H]1c1ccc(OC)cc1. The quantitative estimate of drug-likeness (QED) is 0.664. The second-order valence-electron chi connectivity index (χ2n) is 4.07. The van der Waals surface area contributed by atoms with Crippen LogP contribution in [-0.4, -0.2) is 37.9 Å². The maximum Gasteiger partial charge on any atom is 0.337 e. The lowest BCUT2D eigenvalue weighted by Gasteiger charge is -2.32. The Bertz CT molecular complexity index is 474. The lowest BCUT2D eigenvalue weighted by Crippen LogP contribution is -2.48. The van der Waals surface area contributed by atoms with Crippen LogP contribution in [0.3, 0.4) is 0 Å². The van der Waals surface area contributed by atoms with E-state index in [1.165, 1.54) is 7.11 Å². The van der Waals surface area contributed by atoms with Gasteiger partial charge in [0.15, 0.2) is 6.10 Å². The summed E-state index contributed by atoms with van der Waals surface area (Å²) >= 11 is 5.09. The Morgan fingerprint density at radius 1 is 1.37 bits per heavy atom. The fourth-order valence-electron chi connectivity index (χ4n) is 1.94. The predicted octanol–water partition coefficient (Wildman–Crippen LogP) is 1.23. The zero-order valence-electron chi connectivity index (χ0n) is 10.7. The molecule has 0 bridgehead atoms. The monoisotopic (exact) mass is 281 g/mol. The first-order valence-electron chi connectivity index (χ1n) is 5.78. The minimum atomic E-state index is -0.704. The smallest absolute Gasteiger partial charge is 0.337 e. The van der Waals surface area contributed by atoms with E-state index in [0.717, 1.165) is 11.3 Å². The highest BCUT2D eigenvalue weighted by Crippen LogP contribution is 2.25. The summed E-state index contributed by atoms with van der Waals surface area (Å²) in [5.74, 6) is 0.327. The van der Waals surface area contributed by atoms with Crippen LogP contribution in [0.15, 0.2) is 24.3 Å². The number of carbonyl (C=O) groups is 1. The Labute approximate surface area is 116 Å². The van der Waals surface area contributed by atoms with Crippen LogP contribution in [0.5, 0.6) is 5.75 Å². The molecule has 0 aliphatic carbocycles. The van der Waals surface area contributed by atoms with Crippen LogP contribution in [-0.2, 0) is 14.3 Å². The van der Waals surface area contributed by atoms with E-state index in [-0.39, 0.29) is 12.6 Å². The van der Waals surface area contributed by atoms with Crippen molar-refractivity contribution in [1.82, 2.24) is 5.32 Å². The predicted molar refractivity (Wildman–Crippen MR) is 73.2 cm³/mol. The molecule has 1 N–H and O–H groups in total. The van der Waals surface area contributed by atoms with Gasteiger partial charge in [0.25, 0.3) is 0 Å². The zero-order chi connectivity index (χ0) is 13.8. The van der Waals surface area contributed by atoms with Gasteiger partial charge in [-0.3, -0.25) is 0 Å². The zero-order valence-corrected chi connectivity index (χ0v) is 11.5. The molecule has 1 fully saturated rings. The molecule has 1 aromatic rings. The number of thiocarbonyl (C=S) groups is 1. The first-order valence-corrected chi connectivity index (χ1v) is 6.19. The summed E-state index contributed by atoms with van der Waals surface area (Å²) in [6, 6.07) is 7.03. The van der Waals surface area contributed by atoms with Crippen molar-refractivity contribution in [3.8, 4) is 5.75 Å². The molecular formula is C13H15NO4S. The van der Waals surface area contributed by atoms with Crippen molar-refractivity contribution in [1.29, 1.82) is 0 Å². The number of ether oxygens (including phenoxy) is 3. The minimum absolute atomic E-state index is 0.224. The molecule has 0 amide bonds. The summed E-state index contributed by atoms with van der Waals surface area (Å²) in [4.78, 5) is 12.3. The van der Waals surface area contributed by atoms with Crippen molar-refractivity contribution in [3.63, 3.8) is 0 Å². The first-order chi connectivity index (χ1) is 9.15. The average molecular weight is 281 g/mol. The van der Waals surface area contributed by atoms with Gasteiger partial charge in [-0.1, -0.05) is 24.4 Å². The van der Waals surface area contributed by atoms with E-state index in [9.17, 15) is 4.79 Å². The van der Waals surface area contributed by atoms with Gasteiger partial charge in [0.1, 0.15) is 10.7 Å². The van der Waals surface area contributed by atoms with Gasteiger partial charge in [0, 0.05) is 0 Å². The van der Waals surface area contributed by atoms with Gasteiger partial charge < -0.3 is 19.5 Å². The largest absolute Gasteiger partial charge is 0.497 e. The first kappa shape index (κ1) is 13.8. The summed E-state index contributed by atoms with van der Waals surface area (Å²) in [5, 5.41) is 3.10. The molecule has 5 nitrogen and oxygen atoms in total. The van der Waals surface area contributed by atoms with Crippen molar-refractivity contribution >= 4 is 23.2 Å². The van der Waals surface area contributed by atoms with Crippen molar-refractivity contribution in [2.24, 2.45) is 0 Å². The average Bonchev–Trinajstić information content (AvgIpc) is 2.46. The van der Waals surface area contributed by atoms with Crippen molar-refractivity contribution in [3.05, 3.63) is 29.8 Å². The molecule has 1 aliphatic heterocycles. The van der Waals surface area contributed by atoms with E-state index in [1.54, 1.807) is 7.11 Å². The van der Waals surface area contributed by atoms with Crippen LogP contribution in [0, 0.1) is 0 Å². The number of carbonyl (C=O) groups excluding carboxylic acids is 1. The fraction of sp³-hybridized carbons (Fsp3) is 0.385. The Balaban J connectivity index is 2.25. The topological polar surface area (TPSA) is 56.8 Å². The molecule has 0 spiro atoms. The van der Waals surface area contributed by atoms with Gasteiger partial charge in [-0.05, 0) is 17.7 Å². The van der Waals surface area contributed by atoms with Crippen molar-refractivity contribution in [2.75, 3.05) is 20.8 Å². The second kappa shape index (κ2) is 5.99. The van der Waals surface area contributed by atoms with Gasteiger partial charge in [0.05, 0.1) is 26.9 Å². The minimum Gasteiger partial charge on any atom is -0.497 e. The van der Waals surface area contributed by atoms with Crippen LogP contribution in [0.2, 0.25) is 0 Å². The van der Waals surface area contributed by atoms with E-state index in [4.69, 9.17) is 26.4 Å². The Morgan fingerprint density at radius 2 is 2.05 bits per heavy atom. The molecule has 6 heteroatoms. The molecule has 19 heavy (non-hydrogen) atoms. The number of rotatable bonds is 3. The summed E-state index contributed by atoms with van der Waals surface area (Å²) in [6.45, 7) is 0.224. The molecule has 102 valence electrons. The number of hydrogen-bond acceptors (Lipinski definition) is 5. The van der Waals surface area contributed by atoms with E-state index in [2.05, 4.69) is 5.32 Å². The van der Waals surface area contributed by atoms with Crippen molar-refractivity contribution in [2.45, 2.75) is 12.1 Å². The van der Waals surface area contributed by atoms with Crippen LogP contribution in [0.25, 0.3) is 0 Å². The highest BCUT2D eigenvalue weighted by Gasteiger charge is 2.35. The third kappa shape index (κ3) is 3.02. The van der Waals surface area contributed by atoms with Crippen LogP contribution in [0.1, 0.15) is 11.6 Å². The van der Waals surface area contributed by atoms with E-state index < -0.39 is 12.1 Å². The van der Waals surface area contributed by atoms with Gasteiger partial charge in [-0.15, -0.1) is 0 Å². The molecule has 2 atom stereocenters. The van der Waals surface area contributed by atoms with E-state index in [0.29, 0.717) is 4.99 Å². The van der Waals surface area contributed by atoms with E-state index >= 15 is 0 Å². The number of hydrogen-bond donors (Lipinski definition) is 1. The molecule has 0 unspecified atom stereocenters. The Morgan fingerprint density at radius 3 is 2.63 bits per heavy atom. The maximum atomic E-state index is 11.7. The molecule has 1 aromatic carbocycles. The Hall–Kier alpha value is -1.66. The Kier molecular flexibility index (Phi) is 4.34. The number of methoxy groups -OCH3 is 2. The maximum absolute atomic E-state index is 11.7. The number of nitrogens with one attached hydrogen (secondary N) is 1. The van der Waals surface area contributed by atoms with Crippen LogP contribution >= 0.6 is 12.2 Å². The third-order valence-corrected chi connectivity index (χ3v) is 3.16. The molecule has 1 aliphatic rings. The third-order valence-electron chi connectivity index (χ3n) is 2.92. The number of morpholine rings is 1. The second-order valence-corrected chi connectivity index (χ2v) is 4.57. The van der Waals surface area contributed by atoms with E-state index in [1.807, 2.05) is 24.3 Å². The van der Waals surface area contributed by atoms with Gasteiger partial charge >= 0.3 is 5.97 Å². The molecule has 0 aromatic heterocycles. The summed E-state index contributed by atoms with van der Waals surface area (Å²) < 4.78 is 15.3. The molecular weight excluding hydrogens is 266 g/mol. The molecule has 2 rings (SSSR count). The van der Waals surface area contributed by atoms with Gasteiger partial charge in [0.2, 0.25) is 0 Å². The van der Waals surface area contributed by atoms with Gasteiger partial charge in [-0.25, -0.2) is 4.79 Å². The molecule has 0 saturated carbocycles. The normalized spacial score (nSPS) is 22.5. The summed E-state index contributed by atoms with van der Waals surface area (Å²) in [6.07, 6.45) is -0.704. The van der Waals surface area contributed by atoms with Crippen LogP contribution < -0.4 is 10.1 Å². The molecule has 1 heterocycles. The lowest BCUT2D eigenvalue weighted by molar-refractivity contribution is -0.156. The summed E-state index contributed by atoms with van der Waals surface area (Å²) in [5.41, 5.74) is 0.887. The number of esters is 1. The van der Waals surface area contributed by atoms with Crippen LogP contribution in [0.4, 0.5) is 0 Å². The van der Waals surface area contributed by atoms with Gasteiger partial charge in [-0.2, -0.15) is 0 Å². The highest BCUT2D eigenvalue weighted by molar-refractivity contribution is 7.80. The fourth-order valence-corrected chi connectivity index (χ4v) is 2.14. The molecule has 0 radical (unpaired) electrons. The standard InChI is InChI=1S/C13H15NO4S/c1-16-9-5-3-8(4-6-9)11-12(13(15)17-2)18-7-10(19)14-11/h3-6,11-12H,7H2,1-2H3,(H,14,19)/t11-,12+/m1/s1. The molecule has 1 saturated heterocycles. The summed E-state index contributed by atoms with van der Waals surface area (Å²) in [7, 11) is 2.94. The lowest BCUT2D eigenvalue weighted by atomic mass is 10.00.